The Morgan fingerprint density at radius 1 is 0.703 bits per heavy atom. The van der Waals surface area contributed by atoms with E-state index in [1.54, 1.807) is 11.1 Å². The zero-order valence-corrected chi connectivity index (χ0v) is 37.7. The molecule has 8 rings (SSSR count). The highest BCUT2D eigenvalue weighted by Crippen LogP contribution is 2.44. The Morgan fingerprint density at radius 3 is 1.81 bits per heavy atom. The third kappa shape index (κ3) is 8.43. The molecule has 3 aromatic carbocycles. The SMILES string of the molecule is COC(=O)N[C@H](C(=O)N1CC2(C[C@H]1c1ncc(-c3ccc(-c4ccc(-c5cnc([C@@H]6CCCN6C(=O)[C@@H](NC(=O)OC)C(C)C)[nH]5)c5c(C)ccc(C)c45)cc3)[nH]1)OCCO2)C(C)C. The molecular formula is C48H58N8O8. The zero-order chi connectivity index (χ0) is 45.4. The van der Waals surface area contributed by atoms with Crippen LogP contribution >= 0.6 is 0 Å². The van der Waals surface area contributed by atoms with Gasteiger partial charge in [-0.25, -0.2) is 19.6 Å². The molecule has 16 heteroatoms. The highest BCUT2D eigenvalue weighted by Gasteiger charge is 2.53. The van der Waals surface area contributed by atoms with E-state index in [0.29, 0.717) is 37.8 Å². The van der Waals surface area contributed by atoms with Crippen LogP contribution in [0.15, 0.2) is 60.9 Å². The predicted molar refractivity (Wildman–Crippen MR) is 240 cm³/mol. The summed E-state index contributed by atoms with van der Waals surface area (Å²) in [5.41, 5.74) is 7.97. The van der Waals surface area contributed by atoms with Crippen LogP contribution in [0.5, 0.6) is 0 Å². The molecule has 16 nitrogen and oxygen atoms in total. The molecule has 0 bridgehead atoms. The van der Waals surface area contributed by atoms with Crippen LogP contribution in [0, 0.1) is 25.7 Å². The monoisotopic (exact) mass is 874 g/mol. The number of aromatic nitrogens is 4. The number of imidazole rings is 2. The largest absolute Gasteiger partial charge is 0.453 e. The van der Waals surface area contributed by atoms with Gasteiger partial charge in [-0.2, -0.15) is 0 Å². The summed E-state index contributed by atoms with van der Waals surface area (Å²) in [6.45, 7) is 13.4. The summed E-state index contributed by atoms with van der Waals surface area (Å²) in [5, 5.41) is 7.68. The van der Waals surface area contributed by atoms with Crippen LogP contribution < -0.4 is 10.6 Å². The first-order chi connectivity index (χ1) is 30.7. The number of nitrogens with one attached hydrogen (secondary N) is 4. The summed E-state index contributed by atoms with van der Waals surface area (Å²) in [6.07, 6.45) is 4.30. The fourth-order valence-corrected chi connectivity index (χ4v) is 9.52. The molecule has 4 N–H and O–H groups in total. The minimum Gasteiger partial charge on any atom is -0.453 e. The molecule has 5 aromatic rings. The number of nitrogens with zero attached hydrogens (tertiary/aromatic N) is 4. The maximum absolute atomic E-state index is 14.1. The third-order valence-electron chi connectivity index (χ3n) is 12.9. The summed E-state index contributed by atoms with van der Waals surface area (Å²) >= 11 is 0. The van der Waals surface area contributed by atoms with Crippen LogP contribution in [0.3, 0.4) is 0 Å². The van der Waals surface area contributed by atoms with Gasteiger partial charge in [0.1, 0.15) is 23.7 Å². The number of fused-ring (bicyclic) bond motifs is 1. The van der Waals surface area contributed by atoms with Crippen molar-refractivity contribution >= 4 is 34.8 Å². The van der Waals surface area contributed by atoms with Crippen molar-refractivity contribution in [3.05, 3.63) is 83.7 Å². The van der Waals surface area contributed by atoms with Gasteiger partial charge >= 0.3 is 12.2 Å². The van der Waals surface area contributed by atoms with Gasteiger partial charge in [0.2, 0.25) is 11.8 Å². The molecule has 338 valence electrons. The van der Waals surface area contributed by atoms with E-state index in [0.717, 1.165) is 68.4 Å². The Balaban J connectivity index is 1.06. The topological polar surface area (TPSA) is 193 Å². The van der Waals surface area contributed by atoms with Crippen LogP contribution in [-0.4, -0.2) is 112 Å². The first-order valence-corrected chi connectivity index (χ1v) is 22.0. The summed E-state index contributed by atoms with van der Waals surface area (Å²) in [4.78, 5) is 72.4. The normalized spacial score (nSPS) is 19.2. The van der Waals surface area contributed by atoms with Crippen molar-refractivity contribution in [3.8, 4) is 33.6 Å². The first-order valence-electron chi connectivity index (χ1n) is 22.0. The molecule has 3 fully saturated rings. The molecule has 3 aliphatic rings. The zero-order valence-electron chi connectivity index (χ0n) is 37.7. The molecule has 0 radical (unpaired) electrons. The quantitative estimate of drug-likeness (QED) is 0.104. The first kappa shape index (κ1) is 44.4. The number of likely N-dealkylation sites (tertiary alicyclic amines) is 2. The van der Waals surface area contributed by atoms with Crippen molar-refractivity contribution in [2.45, 2.75) is 90.8 Å². The molecule has 0 saturated carbocycles. The van der Waals surface area contributed by atoms with Gasteiger partial charge < -0.3 is 49.3 Å². The highest BCUT2D eigenvalue weighted by molar-refractivity contribution is 6.08. The Bertz CT molecular complexity index is 2540. The second kappa shape index (κ2) is 18.1. The highest BCUT2D eigenvalue weighted by atomic mass is 16.7. The van der Waals surface area contributed by atoms with Gasteiger partial charge in [0.05, 0.1) is 69.8 Å². The number of aryl methyl sites for hydroxylation is 2. The maximum Gasteiger partial charge on any atom is 0.407 e. The number of benzene rings is 3. The van der Waals surface area contributed by atoms with Crippen LogP contribution in [0.2, 0.25) is 0 Å². The standard InChI is InChI=1S/C48H58N8O8/c1-26(2)40(53-46(59)61-7)44(57)55-19-9-10-36(55)42-50-24-35(52-42)33-18-17-32(38-28(5)11-12-29(6)39(33)38)30-13-15-31(16-14-30)34-23-49-43(51-34)37-22-48(63-20-21-64-48)25-56(37)45(58)41(27(3)4)54-47(60)62-8/h11-18,23-24,26-27,36-37,40-41H,9-10,19-22,25H2,1-8H3,(H,49,51)(H,50,52)(H,53,59)(H,54,60)/t36-,37-,40-,41-/m0/s1. The lowest BCUT2D eigenvalue weighted by Gasteiger charge is -2.30. The number of hydrogen-bond donors (Lipinski definition) is 4. The fourth-order valence-electron chi connectivity index (χ4n) is 9.52. The van der Waals surface area contributed by atoms with E-state index in [4.69, 9.17) is 28.9 Å². The second-order valence-corrected chi connectivity index (χ2v) is 17.8. The van der Waals surface area contributed by atoms with E-state index in [1.807, 2.05) is 38.8 Å². The molecule has 5 heterocycles. The smallest absolute Gasteiger partial charge is 0.407 e. The maximum atomic E-state index is 14.1. The predicted octanol–water partition coefficient (Wildman–Crippen LogP) is 7.35. The van der Waals surface area contributed by atoms with E-state index in [2.05, 4.69) is 83.0 Å². The van der Waals surface area contributed by atoms with Gasteiger partial charge in [0.15, 0.2) is 5.79 Å². The lowest BCUT2D eigenvalue weighted by atomic mass is 9.89. The number of carbonyl (C=O) groups excluding carboxylic acids is 4. The van der Waals surface area contributed by atoms with Crippen LogP contribution in [-0.2, 0) is 28.5 Å². The van der Waals surface area contributed by atoms with Gasteiger partial charge in [0.25, 0.3) is 0 Å². The molecule has 0 aliphatic carbocycles. The number of amides is 4. The number of rotatable bonds is 11. The van der Waals surface area contributed by atoms with Gasteiger partial charge in [0, 0.05) is 18.5 Å². The van der Waals surface area contributed by atoms with E-state index in [-0.39, 0.29) is 36.2 Å². The Hall–Kier alpha value is -6.26. The van der Waals surface area contributed by atoms with Gasteiger partial charge in [-0.05, 0) is 77.1 Å². The van der Waals surface area contributed by atoms with Crippen molar-refractivity contribution in [1.82, 2.24) is 40.4 Å². The number of alkyl carbamates (subject to hydrolysis) is 2. The molecule has 4 atom stereocenters. The van der Waals surface area contributed by atoms with Gasteiger partial charge in [-0.15, -0.1) is 0 Å². The molecule has 1 spiro atoms. The minimum absolute atomic E-state index is 0.129. The summed E-state index contributed by atoms with van der Waals surface area (Å²) in [6, 6.07) is 14.7. The Morgan fingerprint density at radius 2 is 1.22 bits per heavy atom. The van der Waals surface area contributed by atoms with E-state index in [9.17, 15) is 19.2 Å². The van der Waals surface area contributed by atoms with Gasteiger partial charge in [-0.1, -0.05) is 76.2 Å². The summed E-state index contributed by atoms with van der Waals surface area (Å²) in [7, 11) is 2.57. The minimum atomic E-state index is -0.948. The summed E-state index contributed by atoms with van der Waals surface area (Å²) in [5.74, 6) is -0.382. The number of hydrogen-bond acceptors (Lipinski definition) is 10. The molecule has 2 aromatic heterocycles. The van der Waals surface area contributed by atoms with Crippen molar-refractivity contribution in [2.75, 3.05) is 40.5 Å². The second-order valence-electron chi connectivity index (χ2n) is 17.8. The molecule has 0 unspecified atom stereocenters. The van der Waals surface area contributed by atoms with Crippen LogP contribution in [0.4, 0.5) is 9.59 Å². The lowest BCUT2D eigenvalue weighted by molar-refractivity contribution is -0.153. The molecule has 3 saturated heterocycles. The van der Waals surface area contributed by atoms with E-state index < -0.39 is 36.1 Å². The number of aromatic amines is 2. The van der Waals surface area contributed by atoms with Crippen molar-refractivity contribution in [1.29, 1.82) is 0 Å². The number of ether oxygens (including phenoxy) is 4. The van der Waals surface area contributed by atoms with Gasteiger partial charge in [-0.3, -0.25) is 9.59 Å². The lowest BCUT2D eigenvalue weighted by Crippen LogP contribution is -2.52. The average Bonchev–Trinajstić information content (AvgIpc) is 4.16. The Kier molecular flexibility index (Phi) is 12.5. The van der Waals surface area contributed by atoms with Crippen molar-refractivity contribution < 1.29 is 38.1 Å². The third-order valence-corrected chi connectivity index (χ3v) is 12.9. The van der Waals surface area contributed by atoms with E-state index >= 15 is 0 Å². The van der Waals surface area contributed by atoms with Crippen molar-refractivity contribution in [3.63, 3.8) is 0 Å². The van der Waals surface area contributed by atoms with Crippen molar-refractivity contribution in [2.24, 2.45) is 11.8 Å². The molecule has 64 heavy (non-hydrogen) atoms. The van der Waals surface area contributed by atoms with E-state index in [1.165, 1.54) is 14.2 Å². The summed E-state index contributed by atoms with van der Waals surface area (Å²) < 4.78 is 21.8. The number of methoxy groups -OCH3 is 2. The molecule has 3 aliphatic heterocycles. The fraction of sp³-hybridized carbons (Fsp3) is 0.458. The molecule has 4 amide bonds. The Labute approximate surface area is 372 Å². The van der Waals surface area contributed by atoms with Crippen LogP contribution in [0.1, 0.15) is 81.8 Å². The molecular weight excluding hydrogens is 817 g/mol. The number of H-pyrrole nitrogens is 2. The van der Waals surface area contributed by atoms with Crippen LogP contribution in [0.25, 0.3) is 44.4 Å². The average molecular weight is 875 g/mol. The number of carbonyl (C=O) groups is 4.